The van der Waals surface area contributed by atoms with E-state index in [0.717, 1.165) is 0 Å². The van der Waals surface area contributed by atoms with E-state index >= 15 is 0 Å². The molecule has 0 spiro atoms. The first-order valence-corrected chi connectivity index (χ1v) is 7.42. The Morgan fingerprint density at radius 3 is 2.18 bits per heavy atom. The molecule has 7 heteroatoms. The molecule has 1 aliphatic rings. The number of nitrogens with two attached hydrogens (primary N) is 1. The molecule has 17 heavy (non-hydrogen) atoms. The molecule has 1 heterocycles. The SMILES string of the molecule is CCN(CC)S(=O)(=O)N1CCC(C(=N)N)CC1. The fourth-order valence-electron chi connectivity index (χ4n) is 2.11. The van der Waals surface area contributed by atoms with Gasteiger partial charge in [0.05, 0.1) is 5.84 Å². The van der Waals surface area contributed by atoms with Gasteiger partial charge in [-0.15, -0.1) is 0 Å². The molecule has 1 saturated heterocycles. The first kappa shape index (κ1) is 14.4. The Labute approximate surface area is 103 Å². The zero-order valence-corrected chi connectivity index (χ0v) is 11.3. The Balaban J connectivity index is 2.67. The second-order valence-electron chi connectivity index (χ2n) is 4.22. The average Bonchev–Trinajstić information content (AvgIpc) is 2.30. The molecular formula is C10H22N4O2S. The smallest absolute Gasteiger partial charge is 0.281 e. The van der Waals surface area contributed by atoms with Crippen molar-refractivity contribution in [1.82, 2.24) is 8.61 Å². The maximum Gasteiger partial charge on any atom is 0.281 e. The molecule has 0 amide bonds. The van der Waals surface area contributed by atoms with Crippen LogP contribution in [0.25, 0.3) is 0 Å². The van der Waals surface area contributed by atoms with Gasteiger partial charge in [0.2, 0.25) is 0 Å². The van der Waals surface area contributed by atoms with E-state index in [1.807, 2.05) is 13.8 Å². The molecule has 100 valence electrons. The quantitative estimate of drug-likeness (QED) is 0.548. The molecule has 0 aromatic carbocycles. The average molecular weight is 262 g/mol. The van der Waals surface area contributed by atoms with Crippen LogP contribution in [-0.2, 0) is 10.2 Å². The predicted molar refractivity (Wildman–Crippen MR) is 68.1 cm³/mol. The summed E-state index contributed by atoms with van der Waals surface area (Å²) in [6.45, 7) is 5.58. The van der Waals surface area contributed by atoms with Gasteiger partial charge in [-0.25, -0.2) is 0 Å². The number of nitrogens with one attached hydrogen (secondary N) is 1. The van der Waals surface area contributed by atoms with Crippen LogP contribution in [0.15, 0.2) is 0 Å². The third-order valence-corrected chi connectivity index (χ3v) is 5.44. The summed E-state index contributed by atoms with van der Waals surface area (Å²) < 4.78 is 27.3. The van der Waals surface area contributed by atoms with E-state index in [1.165, 1.54) is 8.61 Å². The third kappa shape index (κ3) is 3.17. The first-order chi connectivity index (χ1) is 7.93. The Hall–Kier alpha value is -0.660. The number of hydrogen-bond acceptors (Lipinski definition) is 3. The highest BCUT2D eigenvalue weighted by Gasteiger charge is 2.32. The van der Waals surface area contributed by atoms with E-state index in [-0.39, 0.29) is 11.8 Å². The van der Waals surface area contributed by atoms with Crippen molar-refractivity contribution in [3.8, 4) is 0 Å². The largest absolute Gasteiger partial charge is 0.387 e. The van der Waals surface area contributed by atoms with Crippen molar-refractivity contribution in [2.45, 2.75) is 26.7 Å². The molecule has 0 aliphatic carbocycles. The van der Waals surface area contributed by atoms with Gasteiger partial charge in [0, 0.05) is 32.1 Å². The van der Waals surface area contributed by atoms with Crippen molar-refractivity contribution in [3.63, 3.8) is 0 Å². The summed E-state index contributed by atoms with van der Waals surface area (Å²) in [5.41, 5.74) is 5.44. The second-order valence-corrected chi connectivity index (χ2v) is 6.15. The van der Waals surface area contributed by atoms with E-state index in [1.54, 1.807) is 0 Å². The van der Waals surface area contributed by atoms with E-state index in [2.05, 4.69) is 0 Å². The molecular weight excluding hydrogens is 240 g/mol. The Bertz CT molecular complexity index is 357. The predicted octanol–water partition coefficient (Wildman–Crippen LogP) is 0.221. The molecule has 0 aromatic rings. The van der Waals surface area contributed by atoms with Crippen LogP contribution in [0.4, 0.5) is 0 Å². The van der Waals surface area contributed by atoms with Crippen LogP contribution < -0.4 is 5.73 Å². The van der Waals surface area contributed by atoms with Crippen LogP contribution in [0.5, 0.6) is 0 Å². The highest BCUT2D eigenvalue weighted by atomic mass is 32.2. The summed E-state index contributed by atoms with van der Waals surface area (Å²) in [5, 5.41) is 7.37. The van der Waals surface area contributed by atoms with Crippen LogP contribution in [0.3, 0.4) is 0 Å². The number of piperidine rings is 1. The van der Waals surface area contributed by atoms with Gasteiger partial charge in [-0.1, -0.05) is 13.8 Å². The van der Waals surface area contributed by atoms with Crippen molar-refractivity contribution in [2.24, 2.45) is 11.7 Å². The lowest BCUT2D eigenvalue weighted by Gasteiger charge is -2.33. The minimum Gasteiger partial charge on any atom is -0.387 e. The summed E-state index contributed by atoms with van der Waals surface area (Å²) >= 11 is 0. The number of rotatable bonds is 5. The van der Waals surface area contributed by atoms with Gasteiger partial charge in [-0.3, -0.25) is 5.41 Å². The van der Waals surface area contributed by atoms with E-state index in [9.17, 15) is 8.42 Å². The number of hydrogen-bond donors (Lipinski definition) is 2. The molecule has 1 rings (SSSR count). The van der Waals surface area contributed by atoms with E-state index in [0.29, 0.717) is 39.0 Å². The zero-order valence-electron chi connectivity index (χ0n) is 10.5. The monoisotopic (exact) mass is 262 g/mol. The molecule has 0 bridgehead atoms. The number of amidine groups is 1. The fraction of sp³-hybridized carbons (Fsp3) is 0.900. The van der Waals surface area contributed by atoms with Gasteiger partial charge in [-0.2, -0.15) is 17.0 Å². The van der Waals surface area contributed by atoms with E-state index in [4.69, 9.17) is 11.1 Å². The molecule has 1 aliphatic heterocycles. The second kappa shape index (κ2) is 5.79. The molecule has 0 unspecified atom stereocenters. The minimum absolute atomic E-state index is 0.0400. The van der Waals surface area contributed by atoms with Crippen molar-refractivity contribution < 1.29 is 8.42 Å². The Morgan fingerprint density at radius 2 is 1.82 bits per heavy atom. The van der Waals surface area contributed by atoms with Gasteiger partial charge < -0.3 is 5.73 Å². The molecule has 3 N–H and O–H groups in total. The molecule has 0 atom stereocenters. The lowest BCUT2D eigenvalue weighted by Crippen LogP contribution is -2.48. The van der Waals surface area contributed by atoms with Crippen molar-refractivity contribution in [2.75, 3.05) is 26.2 Å². The molecule has 0 saturated carbocycles. The molecule has 6 nitrogen and oxygen atoms in total. The molecule has 1 fully saturated rings. The van der Waals surface area contributed by atoms with Gasteiger partial charge in [0.15, 0.2) is 0 Å². The topological polar surface area (TPSA) is 90.5 Å². The van der Waals surface area contributed by atoms with Crippen LogP contribution in [0.1, 0.15) is 26.7 Å². The lowest BCUT2D eigenvalue weighted by atomic mass is 9.97. The third-order valence-electron chi connectivity index (χ3n) is 3.25. The minimum atomic E-state index is -3.32. The van der Waals surface area contributed by atoms with Gasteiger partial charge in [0.1, 0.15) is 0 Å². The van der Waals surface area contributed by atoms with Crippen LogP contribution >= 0.6 is 0 Å². The van der Waals surface area contributed by atoms with Gasteiger partial charge in [0.25, 0.3) is 10.2 Å². The van der Waals surface area contributed by atoms with Gasteiger partial charge in [-0.05, 0) is 12.8 Å². The Morgan fingerprint density at radius 1 is 1.35 bits per heavy atom. The van der Waals surface area contributed by atoms with Crippen LogP contribution in [0, 0.1) is 11.3 Å². The fourth-order valence-corrected chi connectivity index (χ4v) is 3.76. The maximum absolute atomic E-state index is 12.2. The van der Waals surface area contributed by atoms with Crippen molar-refractivity contribution >= 4 is 16.0 Å². The molecule has 0 aromatic heterocycles. The summed E-state index contributed by atoms with van der Waals surface area (Å²) in [7, 11) is -3.32. The first-order valence-electron chi connectivity index (χ1n) is 6.02. The standard InChI is InChI=1S/C10H22N4O2S/c1-3-13(4-2)17(15,16)14-7-5-9(6-8-14)10(11)12/h9H,3-8H2,1-2H3,(H3,11,12). The van der Waals surface area contributed by atoms with E-state index < -0.39 is 10.2 Å². The molecule has 0 radical (unpaired) electrons. The maximum atomic E-state index is 12.2. The van der Waals surface area contributed by atoms with Gasteiger partial charge >= 0.3 is 0 Å². The van der Waals surface area contributed by atoms with Crippen molar-refractivity contribution in [1.29, 1.82) is 5.41 Å². The highest BCUT2D eigenvalue weighted by molar-refractivity contribution is 7.86. The summed E-state index contributed by atoms with van der Waals surface area (Å²) in [6.07, 6.45) is 1.30. The summed E-state index contributed by atoms with van der Waals surface area (Å²) in [6, 6.07) is 0. The normalized spacial score (nSPS) is 19.7. The Kier molecular flexibility index (Phi) is 4.91. The van der Waals surface area contributed by atoms with Crippen LogP contribution in [0.2, 0.25) is 0 Å². The summed E-state index contributed by atoms with van der Waals surface area (Å²) in [4.78, 5) is 0. The van der Waals surface area contributed by atoms with Crippen LogP contribution in [-0.4, -0.2) is 49.0 Å². The van der Waals surface area contributed by atoms with Crippen molar-refractivity contribution in [3.05, 3.63) is 0 Å². The lowest BCUT2D eigenvalue weighted by molar-refractivity contribution is 0.287. The summed E-state index contributed by atoms with van der Waals surface area (Å²) in [5.74, 6) is 0.211. The highest BCUT2D eigenvalue weighted by Crippen LogP contribution is 2.20. The zero-order chi connectivity index (χ0) is 13.1. The number of nitrogens with zero attached hydrogens (tertiary/aromatic N) is 2.